The van der Waals surface area contributed by atoms with Crippen molar-refractivity contribution in [1.29, 1.82) is 0 Å². The predicted molar refractivity (Wildman–Crippen MR) is 70.0 cm³/mol. The van der Waals surface area contributed by atoms with Gasteiger partial charge in [-0.15, -0.1) is 5.10 Å². The summed E-state index contributed by atoms with van der Waals surface area (Å²) in [5.74, 6) is -0.585. The van der Waals surface area contributed by atoms with Crippen LogP contribution in [0.5, 0.6) is 0 Å². The topological polar surface area (TPSA) is 73.3 Å². The maximum Gasteiger partial charge on any atom is 0.313 e. The van der Waals surface area contributed by atoms with Crippen LogP contribution in [0.1, 0.15) is 0 Å². The fourth-order valence-corrected chi connectivity index (χ4v) is 2.10. The van der Waals surface area contributed by atoms with E-state index in [1.807, 2.05) is 0 Å². The summed E-state index contributed by atoms with van der Waals surface area (Å²) in [6.07, 6.45) is 1.49. The van der Waals surface area contributed by atoms with E-state index < -0.39 is 10.7 Å². The van der Waals surface area contributed by atoms with Gasteiger partial charge in [0, 0.05) is 12.3 Å². The van der Waals surface area contributed by atoms with E-state index in [0.29, 0.717) is 0 Å². The fraction of sp³-hybridized carbons (Fsp3) is 0. The van der Waals surface area contributed by atoms with E-state index in [1.54, 1.807) is 0 Å². The zero-order chi connectivity index (χ0) is 14.3. The zero-order valence-electron chi connectivity index (χ0n) is 9.83. The monoisotopic (exact) mass is 292 g/mol. The summed E-state index contributed by atoms with van der Waals surface area (Å²) in [4.78, 5) is 14.4. The summed E-state index contributed by atoms with van der Waals surface area (Å²) in [5, 5.41) is 15.1. The van der Waals surface area contributed by atoms with Crippen molar-refractivity contribution >= 4 is 22.9 Å². The second-order valence-electron chi connectivity index (χ2n) is 3.95. The first-order valence-corrected chi connectivity index (χ1v) is 5.90. The van der Waals surface area contributed by atoms with Crippen LogP contribution in [0.3, 0.4) is 0 Å². The van der Waals surface area contributed by atoms with Crippen molar-refractivity contribution in [2.75, 3.05) is 0 Å². The molecule has 6 nitrogen and oxygen atoms in total. The van der Waals surface area contributed by atoms with Gasteiger partial charge < -0.3 is 0 Å². The second kappa shape index (κ2) is 4.53. The molecular formula is C12H6ClFN4O2. The molecule has 8 heteroatoms. The molecule has 0 saturated carbocycles. The molecular weight excluding hydrogens is 287 g/mol. The number of fused-ring (bicyclic) bond motifs is 1. The van der Waals surface area contributed by atoms with Gasteiger partial charge in [-0.3, -0.25) is 10.1 Å². The predicted octanol–water partition coefficient (Wildman–Crippen LogP) is 3.10. The highest BCUT2D eigenvalue weighted by Gasteiger charge is 2.20. The van der Waals surface area contributed by atoms with Crippen molar-refractivity contribution in [3.63, 3.8) is 0 Å². The standard InChI is InChI=1S/C12H6ClFN4O2/c13-7-3-1-4-8(14)10(7)11-15-12-9(18(19)20)5-2-6-17(12)16-11/h1-6H. The van der Waals surface area contributed by atoms with Gasteiger partial charge in [0.1, 0.15) is 5.82 Å². The molecule has 0 aliphatic rings. The number of aromatic nitrogens is 3. The Morgan fingerprint density at radius 3 is 2.80 bits per heavy atom. The Kier molecular flexibility index (Phi) is 2.83. The Bertz CT molecular complexity index is 813. The highest BCUT2D eigenvalue weighted by atomic mass is 35.5. The maximum atomic E-state index is 13.8. The van der Waals surface area contributed by atoms with E-state index in [4.69, 9.17) is 11.6 Å². The number of pyridine rings is 1. The average Bonchev–Trinajstić information content (AvgIpc) is 2.81. The van der Waals surface area contributed by atoms with Crippen LogP contribution in [0, 0.1) is 15.9 Å². The van der Waals surface area contributed by atoms with Crippen LogP contribution in [0.25, 0.3) is 17.0 Å². The molecule has 1 aromatic carbocycles. The van der Waals surface area contributed by atoms with E-state index in [0.717, 1.165) is 0 Å². The molecule has 3 rings (SSSR count). The van der Waals surface area contributed by atoms with E-state index in [1.165, 1.54) is 41.0 Å². The molecule has 0 aliphatic heterocycles. The molecule has 20 heavy (non-hydrogen) atoms. The van der Waals surface area contributed by atoms with Gasteiger partial charge in [-0.05, 0) is 18.2 Å². The van der Waals surface area contributed by atoms with Crippen LogP contribution < -0.4 is 0 Å². The van der Waals surface area contributed by atoms with Crippen molar-refractivity contribution in [3.8, 4) is 11.4 Å². The lowest BCUT2D eigenvalue weighted by molar-refractivity contribution is -0.383. The first-order chi connectivity index (χ1) is 9.58. The number of nitrogens with zero attached hydrogens (tertiary/aromatic N) is 4. The highest BCUT2D eigenvalue weighted by Crippen LogP contribution is 2.29. The molecule has 0 unspecified atom stereocenters. The van der Waals surface area contributed by atoms with Crippen LogP contribution in [0.4, 0.5) is 10.1 Å². The molecule has 0 spiro atoms. The average molecular weight is 293 g/mol. The van der Waals surface area contributed by atoms with E-state index in [9.17, 15) is 14.5 Å². The van der Waals surface area contributed by atoms with Crippen molar-refractivity contribution in [2.45, 2.75) is 0 Å². The summed E-state index contributed by atoms with van der Waals surface area (Å²) in [6, 6.07) is 6.95. The van der Waals surface area contributed by atoms with Crippen molar-refractivity contribution in [1.82, 2.24) is 14.6 Å². The lowest BCUT2D eigenvalue weighted by Gasteiger charge is -1.99. The molecule has 0 radical (unpaired) electrons. The van der Waals surface area contributed by atoms with Gasteiger partial charge in [-0.1, -0.05) is 17.7 Å². The van der Waals surface area contributed by atoms with Gasteiger partial charge in [0.15, 0.2) is 5.82 Å². The summed E-state index contributed by atoms with van der Waals surface area (Å²) < 4.78 is 15.0. The van der Waals surface area contributed by atoms with Gasteiger partial charge in [0.2, 0.25) is 5.65 Å². The van der Waals surface area contributed by atoms with E-state index >= 15 is 0 Å². The molecule has 0 N–H and O–H groups in total. The third-order valence-electron chi connectivity index (χ3n) is 2.72. The molecule has 0 saturated heterocycles. The Balaban J connectivity index is 2.29. The third kappa shape index (κ3) is 1.88. The van der Waals surface area contributed by atoms with Crippen LogP contribution in [0.2, 0.25) is 5.02 Å². The molecule has 2 heterocycles. The van der Waals surface area contributed by atoms with Gasteiger partial charge in [0.25, 0.3) is 0 Å². The number of hydrogen-bond donors (Lipinski definition) is 0. The minimum absolute atomic E-state index is 0.00222. The Morgan fingerprint density at radius 1 is 1.30 bits per heavy atom. The SMILES string of the molecule is O=[N+]([O-])c1cccn2nc(-c3c(F)cccc3Cl)nc12. The molecule has 0 fully saturated rings. The van der Waals surface area contributed by atoms with Crippen molar-refractivity contribution < 1.29 is 9.31 Å². The third-order valence-corrected chi connectivity index (χ3v) is 3.04. The Hall–Kier alpha value is -2.54. The summed E-state index contributed by atoms with van der Waals surface area (Å²) in [5.41, 5.74) is -0.155. The highest BCUT2D eigenvalue weighted by molar-refractivity contribution is 6.33. The largest absolute Gasteiger partial charge is 0.313 e. The number of halogens is 2. The van der Waals surface area contributed by atoms with Crippen molar-refractivity contribution in [3.05, 3.63) is 57.5 Å². The fourth-order valence-electron chi connectivity index (χ4n) is 1.85. The van der Waals surface area contributed by atoms with Gasteiger partial charge >= 0.3 is 5.69 Å². The first-order valence-electron chi connectivity index (χ1n) is 5.52. The molecule has 0 aliphatic carbocycles. The van der Waals surface area contributed by atoms with Crippen molar-refractivity contribution in [2.24, 2.45) is 0 Å². The minimum atomic E-state index is -0.587. The van der Waals surface area contributed by atoms with E-state index in [2.05, 4.69) is 10.1 Å². The summed E-state index contributed by atoms with van der Waals surface area (Å²) in [7, 11) is 0. The van der Waals surface area contributed by atoms with Gasteiger partial charge in [-0.25, -0.2) is 13.9 Å². The summed E-state index contributed by atoms with van der Waals surface area (Å²) in [6.45, 7) is 0. The second-order valence-corrected chi connectivity index (χ2v) is 4.36. The Morgan fingerprint density at radius 2 is 2.10 bits per heavy atom. The maximum absolute atomic E-state index is 13.8. The lowest BCUT2D eigenvalue weighted by Crippen LogP contribution is -1.93. The number of rotatable bonds is 2. The van der Waals surface area contributed by atoms with Crippen LogP contribution in [0.15, 0.2) is 36.5 Å². The normalized spacial score (nSPS) is 10.9. The quantitative estimate of drug-likeness (QED) is 0.537. The molecule has 0 amide bonds. The number of hydrogen-bond acceptors (Lipinski definition) is 4. The van der Waals surface area contributed by atoms with Gasteiger partial charge in [0.05, 0.1) is 15.5 Å². The molecule has 2 aromatic heterocycles. The molecule has 0 atom stereocenters. The molecule has 100 valence electrons. The first kappa shape index (κ1) is 12.5. The van der Waals surface area contributed by atoms with Gasteiger partial charge in [-0.2, -0.15) is 0 Å². The number of nitro groups is 1. The zero-order valence-corrected chi connectivity index (χ0v) is 10.6. The smallest absolute Gasteiger partial charge is 0.258 e. The van der Waals surface area contributed by atoms with Crippen LogP contribution in [-0.4, -0.2) is 19.5 Å². The summed E-state index contributed by atoms with van der Waals surface area (Å²) >= 11 is 5.93. The van der Waals surface area contributed by atoms with Crippen LogP contribution in [-0.2, 0) is 0 Å². The number of benzene rings is 1. The van der Waals surface area contributed by atoms with Crippen LogP contribution >= 0.6 is 11.6 Å². The molecule has 3 aromatic rings. The minimum Gasteiger partial charge on any atom is -0.258 e. The molecule has 0 bridgehead atoms. The lowest BCUT2D eigenvalue weighted by atomic mass is 10.2. The Labute approximate surface area is 116 Å². The van der Waals surface area contributed by atoms with E-state index in [-0.39, 0.29) is 27.7 Å².